The van der Waals surface area contributed by atoms with Gasteiger partial charge in [-0.15, -0.1) is 0 Å². The minimum Gasteiger partial charge on any atom is -0.453 e. The average molecular weight is 376 g/mol. The van der Waals surface area contributed by atoms with Crippen molar-refractivity contribution < 1.29 is 14.1 Å². The van der Waals surface area contributed by atoms with E-state index in [0.29, 0.717) is 13.1 Å². The lowest BCUT2D eigenvalue weighted by molar-refractivity contribution is -0.702. The molecule has 1 rings (SSSR count). The van der Waals surface area contributed by atoms with Gasteiger partial charge in [0.1, 0.15) is 18.9 Å². The summed E-state index contributed by atoms with van der Waals surface area (Å²) in [5, 5.41) is 3.22. The van der Waals surface area contributed by atoms with Crippen LogP contribution in [0.2, 0.25) is 0 Å². The third kappa shape index (κ3) is 9.68. The van der Waals surface area contributed by atoms with Gasteiger partial charge in [0, 0.05) is 25.0 Å². The van der Waals surface area contributed by atoms with E-state index in [2.05, 4.69) is 36.9 Å². The first-order valence-corrected chi connectivity index (χ1v) is 9.79. The largest absolute Gasteiger partial charge is 0.453 e. The SMILES string of the molecule is C=CC(=O)OC(CN/C=C\N(C=C)CCCC)C[n+]1ccn(CCCC)c1. The number of ether oxygens (including phenoxy) is 1. The van der Waals surface area contributed by atoms with Crippen molar-refractivity contribution in [1.82, 2.24) is 14.8 Å². The van der Waals surface area contributed by atoms with Gasteiger partial charge in [-0.1, -0.05) is 39.8 Å². The van der Waals surface area contributed by atoms with Gasteiger partial charge in [0.25, 0.3) is 0 Å². The van der Waals surface area contributed by atoms with Gasteiger partial charge >= 0.3 is 5.97 Å². The number of esters is 1. The topological polar surface area (TPSA) is 50.4 Å². The van der Waals surface area contributed by atoms with Gasteiger partial charge in [-0.25, -0.2) is 13.9 Å². The van der Waals surface area contributed by atoms with Crippen molar-refractivity contribution in [3.05, 3.63) is 56.6 Å². The van der Waals surface area contributed by atoms with Crippen molar-refractivity contribution in [2.75, 3.05) is 13.1 Å². The highest BCUT2D eigenvalue weighted by Gasteiger charge is 2.16. The highest BCUT2D eigenvalue weighted by molar-refractivity contribution is 5.81. The maximum atomic E-state index is 11.6. The van der Waals surface area contributed by atoms with E-state index < -0.39 is 5.97 Å². The first-order valence-electron chi connectivity index (χ1n) is 9.79. The number of aromatic nitrogens is 2. The molecule has 0 saturated carbocycles. The van der Waals surface area contributed by atoms with E-state index in [0.717, 1.165) is 38.8 Å². The lowest BCUT2D eigenvalue weighted by atomic mass is 10.3. The Morgan fingerprint density at radius 3 is 2.78 bits per heavy atom. The van der Waals surface area contributed by atoms with E-state index in [1.54, 1.807) is 6.20 Å². The van der Waals surface area contributed by atoms with E-state index in [4.69, 9.17) is 4.74 Å². The third-order valence-corrected chi connectivity index (χ3v) is 4.11. The van der Waals surface area contributed by atoms with Gasteiger partial charge in [-0.2, -0.15) is 0 Å². The quantitative estimate of drug-likeness (QED) is 0.291. The highest BCUT2D eigenvalue weighted by Crippen LogP contribution is 1.98. The minimum atomic E-state index is -0.410. The lowest BCUT2D eigenvalue weighted by Crippen LogP contribution is -2.43. The van der Waals surface area contributed by atoms with Crippen LogP contribution in [0.3, 0.4) is 0 Å². The maximum absolute atomic E-state index is 11.6. The Bertz CT molecular complexity index is 595. The van der Waals surface area contributed by atoms with Crippen LogP contribution in [0.25, 0.3) is 0 Å². The van der Waals surface area contributed by atoms with Gasteiger partial charge in [0.05, 0.1) is 13.1 Å². The summed E-state index contributed by atoms with van der Waals surface area (Å²) in [6, 6.07) is 0. The number of nitrogens with one attached hydrogen (secondary N) is 1. The van der Waals surface area contributed by atoms with E-state index in [1.807, 2.05) is 40.6 Å². The Labute approximate surface area is 163 Å². The number of hydrogen-bond donors (Lipinski definition) is 1. The first-order chi connectivity index (χ1) is 13.1. The van der Waals surface area contributed by atoms with Crippen LogP contribution in [0, 0.1) is 0 Å². The third-order valence-electron chi connectivity index (χ3n) is 4.11. The molecule has 27 heavy (non-hydrogen) atoms. The zero-order valence-corrected chi connectivity index (χ0v) is 16.8. The molecule has 1 aromatic rings. The van der Waals surface area contributed by atoms with Crippen LogP contribution in [0.5, 0.6) is 0 Å². The summed E-state index contributed by atoms with van der Waals surface area (Å²) in [7, 11) is 0. The Balaban J connectivity index is 2.58. The van der Waals surface area contributed by atoms with Crippen LogP contribution < -0.4 is 9.88 Å². The predicted molar refractivity (Wildman–Crippen MR) is 109 cm³/mol. The molecule has 1 atom stereocenters. The van der Waals surface area contributed by atoms with Crippen LogP contribution in [-0.2, 0) is 22.6 Å². The number of unbranched alkanes of at least 4 members (excludes halogenated alkanes) is 2. The van der Waals surface area contributed by atoms with E-state index in [1.165, 1.54) is 6.08 Å². The predicted octanol–water partition coefficient (Wildman–Crippen LogP) is 2.98. The average Bonchev–Trinajstić information content (AvgIpc) is 3.12. The van der Waals surface area contributed by atoms with E-state index in [9.17, 15) is 4.79 Å². The number of aryl methyl sites for hydroxylation is 1. The molecule has 1 unspecified atom stereocenters. The van der Waals surface area contributed by atoms with E-state index in [-0.39, 0.29) is 6.10 Å². The number of hydrogen-bond acceptors (Lipinski definition) is 4. The van der Waals surface area contributed by atoms with Crippen molar-refractivity contribution >= 4 is 5.97 Å². The second-order valence-electron chi connectivity index (χ2n) is 6.46. The van der Waals surface area contributed by atoms with Gasteiger partial charge in [-0.3, -0.25) is 0 Å². The Morgan fingerprint density at radius 1 is 1.33 bits per heavy atom. The zero-order valence-electron chi connectivity index (χ0n) is 16.8. The summed E-state index contributed by atoms with van der Waals surface area (Å²) in [4.78, 5) is 13.7. The highest BCUT2D eigenvalue weighted by atomic mass is 16.5. The summed E-state index contributed by atoms with van der Waals surface area (Å²) in [5.41, 5.74) is 0. The number of carbonyl (C=O) groups excluding carboxylic acids is 1. The fourth-order valence-electron chi connectivity index (χ4n) is 2.53. The van der Waals surface area contributed by atoms with Crippen molar-refractivity contribution in [2.24, 2.45) is 0 Å². The molecule has 1 heterocycles. The molecule has 1 aromatic heterocycles. The molecule has 0 saturated heterocycles. The van der Waals surface area contributed by atoms with Crippen LogP contribution in [-0.4, -0.2) is 34.6 Å². The van der Waals surface area contributed by atoms with Crippen molar-refractivity contribution in [3.63, 3.8) is 0 Å². The molecule has 0 amide bonds. The number of nitrogens with zero attached hydrogens (tertiary/aromatic N) is 3. The second-order valence-corrected chi connectivity index (χ2v) is 6.46. The summed E-state index contributed by atoms with van der Waals surface area (Å²) in [6.45, 7) is 14.7. The van der Waals surface area contributed by atoms with Gasteiger partial charge in [0.2, 0.25) is 6.33 Å². The normalized spacial score (nSPS) is 11.9. The standard InChI is InChI=1S/C21H35N4O2/c1-5-9-12-23(8-4)14-11-22-17-20(27-21(26)7-3)18-25-16-15-24(19-25)13-10-6-2/h7-8,11,14-16,19-20,22H,3-6,9-10,12-13,17-18H2,1-2H3/q+1/b14-11-. The Morgan fingerprint density at radius 2 is 2.11 bits per heavy atom. The lowest BCUT2D eigenvalue weighted by Gasteiger charge is -2.17. The van der Waals surface area contributed by atoms with Gasteiger partial charge in [0.15, 0.2) is 6.10 Å². The molecule has 0 fully saturated rings. The first kappa shape index (κ1) is 22.5. The molecular weight excluding hydrogens is 340 g/mol. The maximum Gasteiger partial charge on any atom is 0.330 e. The van der Waals surface area contributed by atoms with Crippen molar-refractivity contribution in [2.45, 2.75) is 58.7 Å². The molecule has 1 N–H and O–H groups in total. The second kappa shape index (κ2) is 13.7. The van der Waals surface area contributed by atoms with Gasteiger partial charge in [-0.05, 0) is 19.0 Å². The van der Waals surface area contributed by atoms with Crippen LogP contribution in [0.4, 0.5) is 0 Å². The molecule has 0 aliphatic carbocycles. The van der Waals surface area contributed by atoms with Crippen molar-refractivity contribution in [3.8, 4) is 0 Å². The molecule has 0 aliphatic heterocycles. The molecule has 0 bridgehead atoms. The molecule has 0 aliphatic rings. The Kier molecular flexibility index (Phi) is 11.4. The fraction of sp³-hybridized carbons (Fsp3) is 0.524. The summed E-state index contributed by atoms with van der Waals surface area (Å²) >= 11 is 0. The van der Waals surface area contributed by atoms with Crippen LogP contribution in [0.15, 0.2) is 56.6 Å². The zero-order chi connectivity index (χ0) is 19.9. The molecule has 6 heteroatoms. The molecule has 0 aromatic carbocycles. The fourth-order valence-corrected chi connectivity index (χ4v) is 2.53. The van der Waals surface area contributed by atoms with E-state index >= 15 is 0 Å². The Hall–Kier alpha value is -2.50. The smallest absolute Gasteiger partial charge is 0.330 e. The number of imidazole rings is 1. The number of rotatable bonds is 15. The molecule has 6 nitrogen and oxygen atoms in total. The van der Waals surface area contributed by atoms with Crippen LogP contribution >= 0.6 is 0 Å². The summed E-state index contributed by atoms with van der Waals surface area (Å²) in [5.74, 6) is -0.410. The van der Waals surface area contributed by atoms with Crippen molar-refractivity contribution in [1.29, 1.82) is 0 Å². The van der Waals surface area contributed by atoms with Gasteiger partial charge < -0.3 is 15.0 Å². The molecule has 0 radical (unpaired) electrons. The van der Waals surface area contributed by atoms with Crippen LogP contribution in [0.1, 0.15) is 39.5 Å². The molecule has 0 spiro atoms. The summed E-state index contributed by atoms with van der Waals surface area (Å²) < 4.78 is 9.67. The number of carbonyl (C=O) groups is 1. The summed E-state index contributed by atoms with van der Waals surface area (Å²) in [6.07, 6.45) is 17.2. The molecular formula is C21H35N4O2+. The minimum absolute atomic E-state index is 0.292. The molecule has 150 valence electrons. The monoisotopic (exact) mass is 375 g/mol.